The van der Waals surface area contributed by atoms with E-state index in [0.29, 0.717) is 38.3 Å². The Kier molecular flexibility index (Phi) is 4.72. The molecule has 1 saturated carbocycles. The van der Waals surface area contributed by atoms with Gasteiger partial charge in [-0.3, -0.25) is 19.0 Å². The Morgan fingerprint density at radius 1 is 1.00 bits per heavy atom. The molecule has 2 aromatic rings. The van der Waals surface area contributed by atoms with Crippen LogP contribution < -0.4 is 5.56 Å². The molecule has 3 heterocycles. The second-order valence-electron chi connectivity index (χ2n) is 9.20. The van der Waals surface area contributed by atoms with E-state index < -0.39 is 5.82 Å². The van der Waals surface area contributed by atoms with Crippen LogP contribution >= 0.6 is 0 Å². The van der Waals surface area contributed by atoms with Crippen molar-refractivity contribution in [1.29, 1.82) is 0 Å². The molecule has 1 aliphatic carbocycles. The predicted molar refractivity (Wildman–Crippen MR) is 114 cm³/mol. The number of likely N-dealkylation sites (tertiary alicyclic amines) is 1. The third-order valence-corrected chi connectivity index (χ3v) is 6.92. The molecular formula is C24H26FN3O3. The number of nitrogens with zero attached hydrogens (tertiary/aromatic N) is 3. The molecule has 0 bridgehead atoms. The maximum absolute atomic E-state index is 13.5. The maximum atomic E-state index is 13.5. The summed E-state index contributed by atoms with van der Waals surface area (Å²) >= 11 is 0. The zero-order chi connectivity index (χ0) is 21.8. The first-order valence-electron chi connectivity index (χ1n) is 11.0. The number of rotatable bonds is 3. The summed E-state index contributed by atoms with van der Waals surface area (Å²) in [6, 6.07) is 5.66. The number of carbonyl (C=O) groups excluding carboxylic acids is 2. The van der Waals surface area contributed by atoms with Crippen molar-refractivity contribution in [2.24, 2.45) is 5.41 Å². The Labute approximate surface area is 180 Å². The average molecular weight is 423 g/mol. The van der Waals surface area contributed by atoms with Crippen LogP contribution in [0.2, 0.25) is 0 Å². The molecule has 0 N–H and O–H groups in total. The van der Waals surface area contributed by atoms with Gasteiger partial charge >= 0.3 is 0 Å². The molecule has 1 aromatic heterocycles. The van der Waals surface area contributed by atoms with Gasteiger partial charge in [0.25, 0.3) is 11.5 Å². The number of amides is 2. The highest BCUT2D eigenvalue weighted by Crippen LogP contribution is 2.47. The number of hydrogen-bond donors (Lipinski definition) is 0. The van der Waals surface area contributed by atoms with Crippen LogP contribution in [0.4, 0.5) is 4.39 Å². The first kappa shape index (κ1) is 20.0. The van der Waals surface area contributed by atoms with Crippen LogP contribution in [-0.4, -0.2) is 45.8 Å². The number of hydrogen-bond acceptors (Lipinski definition) is 3. The molecule has 162 valence electrons. The van der Waals surface area contributed by atoms with Gasteiger partial charge in [-0.2, -0.15) is 0 Å². The zero-order valence-electron chi connectivity index (χ0n) is 17.7. The summed E-state index contributed by atoms with van der Waals surface area (Å²) in [5.41, 5.74) is 1.63. The van der Waals surface area contributed by atoms with Gasteiger partial charge in [-0.15, -0.1) is 0 Å². The molecule has 1 saturated heterocycles. The quantitative estimate of drug-likeness (QED) is 0.763. The van der Waals surface area contributed by atoms with E-state index in [9.17, 15) is 18.8 Å². The van der Waals surface area contributed by atoms with E-state index in [1.54, 1.807) is 11.1 Å². The Bertz CT molecular complexity index is 1110. The molecule has 0 unspecified atom stereocenters. The highest BCUT2D eigenvalue weighted by Gasteiger charge is 2.47. The molecule has 31 heavy (non-hydrogen) atoms. The van der Waals surface area contributed by atoms with Gasteiger partial charge < -0.3 is 9.80 Å². The summed E-state index contributed by atoms with van der Waals surface area (Å²) in [6.07, 6.45) is 5.90. The van der Waals surface area contributed by atoms with E-state index in [1.807, 2.05) is 11.8 Å². The lowest BCUT2D eigenvalue weighted by atomic mass is 9.94. The Hall–Kier alpha value is -2.96. The number of halogens is 1. The van der Waals surface area contributed by atoms with E-state index in [2.05, 4.69) is 0 Å². The van der Waals surface area contributed by atoms with Crippen molar-refractivity contribution in [1.82, 2.24) is 14.4 Å². The standard InChI is InChI=1S/C24H26FN3O3/c1-24(9-10-24)23(31)27-13-8-19-16(14-27)15-28(18-6-4-17(25)5-7-18)22(30)20(19)21(29)26-11-2-3-12-26/h4-7,15H,2-3,8-14H2,1H3. The minimum Gasteiger partial charge on any atom is -0.338 e. The number of benzene rings is 1. The van der Waals surface area contributed by atoms with Crippen LogP contribution in [0.25, 0.3) is 5.69 Å². The van der Waals surface area contributed by atoms with Crippen LogP contribution in [0.5, 0.6) is 0 Å². The number of pyridine rings is 1. The van der Waals surface area contributed by atoms with Crippen molar-refractivity contribution < 1.29 is 14.0 Å². The molecule has 2 aliphatic heterocycles. The first-order valence-corrected chi connectivity index (χ1v) is 11.0. The third-order valence-electron chi connectivity index (χ3n) is 6.92. The third kappa shape index (κ3) is 3.46. The van der Waals surface area contributed by atoms with Crippen LogP contribution in [0, 0.1) is 11.2 Å². The van der Waals surface area contributed by atoms with E-state index >= 15 is 0 Å². The normalized spacial score (nSPS) is 19.3. The average Bonchev–Trinajstić information content (AvgIpc) is 3.29. The highest BCUT2D eigenvalue weighted by molar-refractivity contribution is 5.96. The molecular weight excluding hydrogens is 397 g/mol. The maximum Gasteiger partial charge on any atom is 0.268 e. The molecule has 3 aliphatic rings. The molecule has 7 heteroatoms. The van der Waals surface area contributed by atoms with Gasteiger partial charge in [-0.25, -0.2) is 4.39 Å². The topological polar surface area (TPSA) is 62.6 Å². The second-order valence-corrected chi connectivity index (χ2v) is 9.20. The molecule has 5 rings (SSSR count). The lowest BCUT2D eigenvalue weighted by Gasteiger charge is -2.32. The smallest absolute Gasteiger partial charge is 0.268 e. The highest BCUT2D eigenvalue weighted by atomic mass is 19.1. The Morgan fingerprint density at radius 3 is 2.32 bits per heavy atom. The minimum absolute atomic E-state index is 0.144. The van der Waals surface area contributed by atoms with Gasteiger partial charge in [-0.05, 0) is 67.5 Å². The van der Waals surface area contributed by atoms with Gasteiger partial charge in [0.15, 0.2) is 0 Å². The number of fused-ring (bicyclic) bond motifs is 1. The summed E-state index contributed by atoms with van der Waals surface area (Å²) in [4.78, 5) is 43.3. The number of aromatic nitrogens is 1. The molecule has 2 fully saturated rings. The fraction of sp³-hybridized carbons (Fsp3) is 0.458. The minimum atomic E-state index is -0.391. The van der Waals surface area contributed by atoms with Crippen molar-refractivity contribution in [3.8, 4) is 5.69 Å². The lowest BCUT2D eigenvalue weighted by molar-refractivity contribution is -0.137. The first-order chi connectivity index (χ1) is 14.9. The molecule has 0 atom stereocenters. The summed E-state index contributed by atoms with van der Waals surface area (Å²) in [5.74, 6) is -0.480. The van der Waals surface area contributed by atoms with E-state index in [1.165, 1.54) is 28.8 Å². The Balaban J connectivity index is 1.61. The second kappa shape index (κ2) is 7.32. The largest absolute Gasteiger partial charge is 0.338 e. The van der Waals surface area contributed by atoms with Gasteiger partial charge in [0, 0.05) is 43.5 Å². The van der Waals surface area contributed by atoms with Gasteiger partial charge in [0.2, 0.25) is 5.91 Å². The summed E-state index contributed by atoms with van der Waals surface area (Å²) < 4.78 is 14.9. The SMILES string of the molecule is CC1(C(=O)N2CCc3c(cn(-c4ccc(F)cc4)c(=O)c3C(=O)N3CCCC3)C2)CC1. The van der Waals surface area contributed by atoms with Crippen molar-refractivity contribution in [2.45, 2.75) is 45.6 Å². The molecule has 1 aromatic carbocycles. The van der Waals surface area contributed by atoms with Crippen molar-refractivity contribution in [2.75, 3.05) is 19.6 Å². The van der Waals surface area contributed by atoms with Crippen molar-refractivity contribution in [3.05, 3.63) is 63.3 Å². The summed E-state index contributed by atoms with van der Waals surface area (Å²) in [5, 5.41) is 0. The summed E-state index contributed by atoms with van der Waals surface area (Å²) in [6.45, 7) is 4.20. The van der Waals surface area contributed by atoms with Gasteiger partial charge in [0.1, 0.15) is 11.4 Å². The van der Waals surface area contributed by atoms with Crippen molar-refractivity contribution >= 4 is 11.8 Å². The van der Waals surface area contributed by atoms with E-state index in [4.69, 9.17) is 0 Å². The zero-order valence-corrected chi connectivity index (χ0v) is 17.7. The lowest BCUT2D eigenvalue weighted by Crippen LogP contribution is -2.43. The van der Waals surface area contributed by atoms with Crippen LogP contribution in [0.3, 0.4) is 0 Å². The van der Waals surface area contributed by atoms with Crippen LogP contribution in [0.15, 0.2) is 35.3 Å². The molecule has 0 radical (unpaired) electrons. The molecule has 2 amide bonds. The summed E-state index contributed by atoms with van der Waals surface area (Å²) in [7, 11) is 0. The fourth-order valence-corrected chi connectivity index (χ4v) is 4.70. The van der Waals surface area contributed by atoms with Gasteiger partial charge in [-0.1, -0.05) is 6.92 Å². The monoisotopic (exact) mass is 423 g/mol. The fourth-order valence-electron chi connectivity index (χ4n) is 4.70. The Morgan fingerprint density at radius 2 is 1.68 bits per heavy atom. The molecule has 6 nitrogen and oxygen atoms in total. The predicted octanol–water partition coefficient (Wildman–Crippen LogP) is 2.90. The molecule has 0 spiro atoms. The van der Waals surface area contributed by atoms with E-state index in [-0.39, 0.29) is 28.4 Å². The van der Waals surface area contributed by atoms with Crippen LogP contribution in [0.1, 0.15) is 54.1 Å². The van der Waals surface area contributed by atoms with Crippen LogP contribution in [-0.2, 0) is 17.8 Å². The van der Waals surface area contributed by atoms with E-state index in [0.717, 1.165) is 36.8 Å². The number of carbonyl (C=O) groups is 2. The van der Waals surface area contributed by atoms with Crippen molar-refractivity contribution in [3.63, 3.8) is 0 Å². The van der Waals surface area contributed by atoms with Gasteiger partial charge in [0.05, 0.1) is 0 Å².